The topological polar surface area (TPSA) is 194 Å². The van der Waals surface area contributed by atoms with Gasteiger partial charge in [0.05, 0.1) is 57.8 Å². The number of hydrogen-bond acceptors (Lipinski definition) is 15. The van der Waals surface area contributed by atoms with E-state index in [9.17, 15) is 10.2 Å². The summed E-state index contributed by atoms with van der Waals surface area (Å²) in [6.07, 6.45) is 13.2. The third-order valence-electron chi connectivity index (χ3n) is 10.8. The smallest absolute Gasteiger partial charge is 0.300 e. The van der Waals surface area contributed by atoms with Gasteiger partial charge in [0.15, 0.2) is 0 Å². The maximum atomic E-state index is 11.1. The molecular weight excluding hydrogens is 1010 g/mol. The zero-order valence-electron chi connectivity index (χ0n) is 41.5. The second kappa shape index (κ2) is 34.8. The van der Waals surface area contributed by atoms with E-state index >= 15 is 0 Å². The summed E-state index contributed by atoms with van der Waals surface area (Å²) in [5.74, 6) is -0.833. The molecule has 0 saturated carbocycles. The Labute approximate surface area is 455 Å². The molecule has 0 spiro atoms. The number of carboxylic acids is 1. The zero-order valence-corrected chi connectivity index (χ0v) is 43.8. The molecule has 16 nitrogen and oxygen atoms in total. The molecule has 0 aliphatic heterocycles. The SMILES string of the molecule is CC(=O)O.OC(CN(Cc1ccccn1)Cc1ccccn1)CN(Cc1ccccn1)Cc1ccccn1.OC(CN(Cc1ccccn1)Cc1ccccn1)CN(Cc1ccccn1)Cc1ccccn1.[Mn].[Mn]. The van der Waals surface area contributed by atoms with Crippen LogP contribution in [0.3, 0.4) is 0 Å². The first-order valence-corrected chi connectivity index (χ1v) is 23.9. The van der Waals surface area contributed by atoms with Crippen molar-refractivity contribution in [3.63, 3.8) is 0 Å². The van der Waals surface area contributed by atoms with Gasteiger partial charge >= 0.3 is 0 Å². The first kappa shape index (κ1) is 60.0. The molecule has 8 heterocycles. The number of carbonyl (C=O) groups is 1. The van der Waals surface area contributed by atoms with Gasteiger partial charge in [0, 0.05) is 169 Å². The second-order valence-electron chi connectivity index (χ2n) is 17.1. The minimum atomic E-state index is -0.833. The number of aliphatic hydroxyl groups excluding tert-OH is 2. The van der Waals surface area contributed by atoms with Crippen LogP contribution in [0, 0.1) is 0 Å². The predicted molar refractivity (Wildman–Crippen MR) is 276 cm³/mol. The Bertz CT molecular complexity index is 2120. The van der Waals surface area contributed by atoms with Crippen molar-refractivity contribution in [1.29, 1.82) is 0 Å². The number of aliphatic hydroxyl groups is 2. The van der Waals surface area contributed by atoms with Gasteiger partial charge in [-0.2, -0.15) is 0 Å². The van der Waals surface area contributed by atoms with Gasteiger partial charge in [0.25, 0.3) is 5.97 Å². The molecule has 0 aliphatic carbocycles. The Hall–Kier alpha value is -6.53. The monoisotopic (exact) mass is 1080 g/mol. The number of aromatic nitrogens is 8. The average Bonchev–Trinajstić information content (AvgIpc) is 3.39. The van der Waals surface area contributed by atoms with Gasteiger partial charge in [-0.25, -0.2) is 0 Å². The van der Waals surface area contributed by atoms with Crippen LogP contribution in [0.1, 0.15) is 52.5 Å². The molecule has 0 unspecified atom stereocenters. The van der Waals surface area contributed by atoms with E-state index in [1.165, 1.54) is 0 Å². The van der Waals surface area contributed by atoms with Crippen LogP contribution in [0.4, 0.5) is 0 Å². The quantitative estimate of drug-likeness (QED) is 0.0538. The minimum Gasteiger partial charge on any atom is -0.481 e. The number of carboxylic acid groups (broad SMARTS) is 1. The summed E-state index contributed by atoms with van der Waals surface area (Å²) in [4.78, 5) is 53.5. The zero-order chi connectivity index (χ0) is 50.4. The molecule has 0 aromatic carbocycles. The summed E-state index contributed by atoms with van der Waals surface area (Å²) in [5, 5.41) is 29.7. The van der Waals surface area contributed by atoms with Gasteiger partial charge in [-0.05, 0) is 97.1 Å². The van der Waals surface area contributed by atoms with Crippen LogP contribution < -0.4 is 0 Å². The maximum absolute atomic E-state index is 11.1. The molecule has 2 radical (unpaired) electrons. The van der Waals surface area contributed by atoms with Crippen molar-refractivity contribution < 1.29 is 54.3 Å². The van der Waals surface area contributed by atoms with Crippen LogP contribution >= 0.6 is 0 Å². The molecule has 0 amide bonds. The van der Waals surface area contributed by atoms with E-state index in [4.69, 9.17) is 9.90 Å². The fourth-order valence-electron chi connectivity index (χ4n) is 7.81. The van der Waals surface area contributed by atoms with Gasteiger partial charge < -0.3 is 15.3 Å². The third kappa shape index (κ3) is 24.5. The predicted octanol–water partition coefficient (Wildman–Crippen LogP) is 6.75. The average molecular weight is 1080 g/mol. The standard InChI is InChI=1S/2C27H30N6O.C2H4O2.2Mn/c2*34-27(21-32(17-23-9-1-5-13-28-23)18-24-10-2-6-14-29-24)22-33(19-25-11-3-7-15-30-25)20-26-12-4-8-16-31-26;1-2(3)4;;/h2*1-16,27,34H,17-22H2;1H3,(H,3,4);;. The summed E-state index contributed by atoms with van der Waals surface area (Å²) in [6, 6.07) is 47.2. The Morgan fingerprint density at radius 1 is 0.338 bits per heavy atom. The summed E-state index contributed by atoms with van der Waals surface area (Å²) in [6.45, 7) is 8.13. The molecule has 0 aliphatic rings. The molecule has 386 valence electrons. The van der Waals surface area contributed by atoms with E-state index in [1.54, 1.807) is 49.6 Å². The number of aliphatic carboxylic acids is 1. The molecule has 74 heavy (non-hydrogen) atoms. The van der Waals surface area contributed by atoms with Crippen LogP contribution in [0.25, 0.3) is 0 Å². The van der Waals surface area contributed by atoms with E-state index in [1.807, 2.05) is 146 Å². The van der Waals surface area contributed by atoms with E-state index in [0.29, 0.717) is 78.5 Å². The summed E-state index contributed by atoms with van der Waals surface area (Å²) in [5.41, 5.74) is 7.70. The molecule has 8 aromatic rings. The van der Waals surface area contributed by atoms with Crippen molar-refractivity contribution in [2.45, 2.75) is 71.5 Å². The van der Waals surface area contributed by atoms with Gasteiger partial charge in [-0.3, -0.25) is 64.3 Å². The van der Waals surface area contributed by atoms with Gasteiger partial charge in [-0.15, -0.1) is 0 Å². The van der Waals surface area contributed by atoms with Gasteiger partial charge in [0.2, 0.25) is 0 Å². The van der Waals surface area contributed by atoms with E-state index in [0.717, 1.165) is 52.5 Å². The Kier molecular flexibility index (Phi) is 28.2. The molecule has 0 bridgehead atoms. The van der Waals surface area contributed by atoms with Crippen molar-refractivity contribution in [2.75, 3.05) is 26.2 Å². The van der Waals surface area contributed by atoms with Gasteiger partial charge in [0.1, 0.15) is 0 Å². The Morgan fingerprint density at radius 3 is 0.581 bits per heavy atom. The number of rotatable bonds is 24. The molecule has 8 aromatic heterocycles. The van der Waals surface area contributed by atoms with E-state index in [-0.39, 0.29) is 34.1 Å². The maximum Gasteiger partial charge on any atom is 0.300 e. The van der Waals surface area contributed by atoms with Crippen LogP contribution in [0.2, 0.25) is 0 Å². The van der Waals surface area contributed by atoms with Crippen molar-refractivity contribution in [3.05, 3.63) is 241 Å². The minimum absolute atomic E-state index is 0. The molecular formula is C56H64Mn2N12O4. The van der Waals surface area contributed by atoms with Gasteiger partial charge in [-0.1, -0.05) is 48.5 Å². The molecule has 18 heteroatoms. The molecule has 0 fully saturated rings. The molecule has 8 rings (SSSR count). The number of pyridine rings is 8. The van der Waals surface area contributed by atoms with Crippen LogP contribution in [-0.2, 0) is 91.3 Å². The normalized spacial score (nSPS) is 10.8. The van der Waals surface area contributed by atoms with Crippen molar-refractivity contribution in [2.24, 2.45) is 0 Å². The van der Waals surface area contributed by atoms with Crippen molar-refractivity contribution in [1.82, 2.24) is 59.5 Å². The van der Waals surface area contributed by atoms with Crippen molar-refractivity contribution in [3.8, 4) is 0 Å². The van der Waals surface area contributed by atoms with E-state index in [2.05, 4.69) is 59.5 Å². The number of hydrogen-bond donors (Lipinski definition) is 3. The number of nitrogens with zero attached hydrogens (tertiary/aromatic N) is 12. The second-order valence-corrected chi connectivity index (χ2v) is 17.1. The Morgan fingerprint density at radius 2 is 0.473 bits per heavy atom. The summed E-state index contributed by atoms with van der Waals surface area (Å²) in [7, 11) is 0. The van der Waals surface area contributed by atoms with Crippen molar-refractivity contribution >= 4 is 5.97 Å². The fourth-order valence-corrected chi connectivity index (χ4v) is 7.81. The largest absolute Gasteiger partial charge is 0.481 e. The molecule has 0 saturated heterocycles. The van der Waals surface area contributed by atoms with Crippen LogP contribution in [0.5, 0.6) is 0 Å². The Balaban J connectivity index is 0.000000291. The fraction of sp³-hybridized carbons (Fsp3) is 0.268. The first-order valence-electron chi connectivity index (χ1n) is 23.9. The first-order chi connectivity index (χ1) is 35.2. The third-order valence-corrected chi connectivity index (χ3v) is 10.8. The van der Waals surface area contributed by atoms with Crippen LogP contribution in [-0.4, -0.2) is 119 Å². The summed E-state index contributed by atoms with van der Waals surface area (Å²) >= 11 is 0. The molecule has 3 N–H and O–H groups in total. The molecule has 0 atom stereocenters. The summed E-state index contributed by atoms with van der Waals surface area (Å²) < 4.78 is 0. The van der Waals surface area contributed by atoms with E-state index < -0.39 is 18.2 Å². The van der Waals surface area contributed by atoms with Crippen LogP contribution in [0.15, 0.2) is 195 Å².